The van der Waals surface area contributed by atoms with Gasteiger partial charge in [0.25, 0.3) is 0 Å². The fourth-order valence-corrected chi connectivity index (χ4v) is 3.48. The smallest absolute Gasteiger partial charge is 0.320 e. The zero-order valence-electron chi connectivity index (χ0n) is 8.03. The number of ether oxygens (including phenoxy) is 1. The summed E-state index contributed by atoms with van der Waals surface area (Å²) in [4.78, 5) is 23.4. The summed E-state index contributed by atoms with van der Waals surface area (Å²) in [6.45, 7) is 1.96. The van der Waals surface area contributed by atoms with Gasteiger partial charge in [-0.25, -0.2) is 0 Å². The molecule has 1 saturated heterocycles. The van der Waals surface area contributed by atoms with Gasteiger partial charge in [0.05, 0.1) is 6.61 Å². The molecule has 3 heteroatoms. The van der Waals surface area contributed by atoms with Crippen molar-refractivity contribution in [2.75, 3.05) is 6.61 Å². The first-order chi connectivity index (χ1) is 6.67. The van der Waals surface area contributed by atoms with Gasteiger partial charge in [-0.3, -0.25) is 9.59 Å². The summed E-state index contributed by atoms with van der Waals surface area (Å²) >= 11 is 0. The number of fused-ring (bicyclic) bond motifs is 5. The van der Waals surface area contributed by atoms with Crippen molar-refractivity contribution in [2.45, 2.75) is 13.3 Å². The van der Waals surface area contributed by atoms with Crippen LogP contribution in [0.4, 0.5) is 0 Å². The number of Topliss-reactive ketones (excluding diaryl/α,β-unsaturated/α-hetero) is 1. The summed E-state index contributed by atoms with van der Waals surface area (Å²) in [5.74, 6) is 0.302. The van der Waals surface area contributed by atoms with Crippen LogP contribution in [0.3, 0.4) is 0 Å². The van der Waals surface area contributed by atoms with Crippen LogP contribution in [0.25, 0.3) is 0 Å². The topological polar surface area (TPSA) is 43.4 Å². The number of carbonyl (C=O) groups excluding carboxylic acids is 2. The van der Waals surface area contributed by atoms with Crippen LogP contribution in [-0.2, 0) is 14.3 Å². The highest BCUT2D eigenvalue weighted by atomic mass is 16.5. The normalized spacial score (nSPS) is 48.1. The van der Waals surface area contributed by atoms with E-state index in [2.05, 4.69) is 6.08 Å². The van der Waals surface area contributed by atoms with Crippen LogP contribution in [0.2, 0.25) is 0 Å². The number of hydrogen-bond acceptors (Lipinski definition) is 3. The van der Waals surface area contributed by atoms with E-state index in [9.17, 15) is 9.59 Å². The SMILES string of the molecule is CC(=O)[C@@]12C(=O)OC[C@@H]1[C@H]1C=C[C@@H]2C1. The van der Waals surface area contributed by atoms with Crippen LogP contribution < -0.4 is 0 Å². The third-order valence-corrected chi connectivity index (χ3v) is 4.12. The number of cyclic esters (lactones) is 1. The lowest BCUT2D eigenvalue weighted by Gasteiger charge is -2.29. The summed E-state index contributed by atoms with van der Waals surface area (Å²) < 4.78 is 5.07. The summed E-state index contributed by atoms with van der Waals surface area (Å²) in [5, 5.41) is 0. The van der Waals surface area contributed by atoms with Gasteiger partial charge in [0, 0.05) is 11.8 Å². The Morgan fingerprint density at radius 1 is 1.57 bits per heavy atom. The minimum Gasteiger partial charge on any atom is -0.465 e. The maximum atomic E-state index is 11.7. The van der Waals surface area contributed by atoms with Crippen LogP contribution in [-0.4, -0.2) is 18.4 Å². The summed E-state index contributed by atoms with van der Waals surface area (Å²) in [6, 6.07) is 0. The summed E-state index contributed by atoms with van der Waals surface area (Å²) in [7, 11) is 0. The molecule has 1 aliphatic heterocycles. The number of allylic oxidation sites excluding steroid dienone is 2. The molecule has 1 saturated carbocycles. The number of rotatable bonds is 1. The largest absolute Gasteiger partial charge is 0.465 e. The molecule has 2 bridgehead atoms. The molecule has 0 aromatic rings. The Morgan fingerprint density at radius 2 is 2.36 bits per heavy atom. The van der Waals surface area contributed by atoms with Gasteiger partial charge in [-0.05, 0) is 19.3 Å². The Kier molecular flexibility index (Phi) is 1.33. The summed E-state index contributed by atoms with van der Waals surface area (Å²) in [5.41, 5.74) is -0.806. The van der Waals surface area contributed by atoms with Gasteiger partial charge in [0.1, 0.15) is 11.2 Å². The highest BCUT2D eigenvalue weighted by molar-refractivity contribution is 6.05. The minimum absolute atomic E-state index is 0.0122. The van der Waals surface area contributed by atoms with Crippen molar-refractivity contribution in [3.05, 3.63) is 12.2 Å². The van der Waals surface area contributed by atoms with Crippen molar-refractivity contribution in [3.63, 3.8) is 0 Å². The van der Waals surface area contributed by atoms with Crippen LogP contribution in [0.1, 0.15) is 13.3 Å². The molecule has 3 nitrogen and oxygen atoms in total. The second-order valence-electron chi connectivity index (χ2n) is 4.52. The maximum Gasteiger partial charge on any atom is 0.320 e. The Morgan fingerprint density at radius 3 is 3.00 bits per heavy atom. The molecule has 0 N–H and O–H groups in total. The van der Waals surface area contributed by atoms with Crippen molar-refractivity contribution < 1.29 is 14.3 Å². The maximum absolute atomic E-state index is 11.7. The van der Waals surface area contributed by atoms with Crippen molar-refractivity contribution >= 4 is 11.8 Å². The molecule has 0 radical (unpaired) electrons. The Hall–Kier alpha value is -1.12. The van der Waals surface area contributed by atoms with Gasteiger partial charge in [0.2, 0.25) is 0 Å². The van der Waals surface area contributed by atoms with Gasteiger partial charge in [-0.15, -0.1) is 0 Å². The molecule has 0 amide bonds. The van der Waals surface area contributed by atoms with Crippen molar-refractivity contribution in [2.24, 2.45) is 23.2 Å². The predicted octanol–water partition coefficient (Wildman–Crippen LogP) is 0.941. The Labute approximate surface area is 82.1 Å². The molecule has 14 heavy (non-hydrogen) atoms. The zero-order chi connectivity index (χ0) is 9.92. The van der Waals surface area contributed by atoms with E-state index in [1.807, 2.05) is 6.08 Å². The second kappa shape index (κ2) is 2.27. The molecule has 3 rings (SSSR count). The van der Waals surface area contributed by atoms with Crippen LogP contribution in [0.15, 0.2) is 12.2 Å². The molecule has 0 aromatic carbocycles. The van der Waals surface area contributed by atoms with Crippen molar-refractivity contribution in [3.8, 4) is 0 Å². The average molecular weight is 192 g/mol. The van der Waals surface area contributed by atoms with Crippen LogP contribution in [0.5, 0.6) is 0 Å². The monoisotopic (exact) mass is 192 g/mol. The fourth-order valence-electron chi connectivity index (χ4n) is 3.48. The minimum atomic E-state index is -0.806. The first kappa shape index (κ1) is 8.21. The van der Waals surface area contributed by atoms with Crippen molar-refractivity contribution in [1.29, 1.82) is 0 Å². The van der Waals surface area contributed by atoms with Crippen LogP contribution in [0, 0.1) is 23.2 Å². The first-order valence-corrected chi connectivity index (χ1v) is 5.04. The van der Waals surface area contributed by atoms with E-state index >= 15 is 0 Å². The molecule has 1 heterocycles. The third-order valence-electron chi connectivity index (χ3n) is 4.12. The van der Waals surface area contributed by atoms with E-state index in [0.717, 1.165) is 6.42 Å². The highest BCUT2D eigenvalue weighted by Crippen LogP contribution is 2.59. The molecule has 74 valence electrons. The molecular formula is C11H12O3. The summed E-state index contributed by atoms with van der Waals surface area (Å²) in [6.07, 6.45) is 5.12. The molecule has 2 aliphatic carbocycles. The van der Waals surface area contributed by atoms with E-state index in [1.165, 1.54) is 6.92 Å². The zero-order valence-corrected chi connectivity index (χ0v) is 8.03. The van der Waals surface area contributed by atoms with E-state index in [-0.39, 0.29) is 23.6 Å². The number of hydrogen-bond donors (Lipinski definition) is 0. The molecule has 3 aliphatic rings. The standard InChI is InChI=1S/C11H12O3/c1-6(12)11-8-3-2-7(4-8)9(11)5-14-10(11)13/h2-3,7-9H,4-5H2,1H3/t7-,8+,9+,11-/m0/s1. The van der Waals surface area contributed by atoms with Gasteiger partial charge in [0.15, 0.2) is 0 Å². The van der Waals surface area contributed by atoms with Gasteiger partial charge in [-0.1, -0.05) is 12.2 Å². The molecular weight excluding hydrogens is 180 g/mol. The van der Waals surface area contributed by atoms with Gasteiger partial charge >= 0.3 is 5.97 Å². The lowest BCUT2D eigenvalue weighted by Crippen LogP contribution is -2.43. The third kappa shape index (κ3) is 0.636. The Bertz CT molecular complexity index is 358. The van der Waals surface area contributed by atoms with Crippen LogP contribution >= 0.6 is 0 Å². The van der Waals surface area contributed by atoms with E-state index in [0.29, 0.717) is 12.5 Å². The molecule has 0 unspecified atom stereocenters. The molecule has 0 spiro atoms. The number of ketones is 1. The highest BCUT2D eigenvalue weighted by Gasteiger charge is 2.67. The van der Waals surface area contributed by atoms with Crippen molar-refractivity contribution in [1.82, 2.24) is 0 Å². The van der Waals surface area contributed by atoms with Gasteiger partial charge in [-0.2, -0.15) is 0 Å². The molecule has 2 fully saturated rings. The quantitative estimate of drug-likeness (QED) is 0.353. The second-order valence-corrected chi connectivity index (χ2v) is 4.52. The number of esters is 1. The predicted molar refractivity (Wildman–Crippen MR) is 48.3 cm³/mol. The first-order valence-electron chi connectivity index (χ1n) is 5.04. The van der Waals surface area contributed by atoms with E-state index in [4.69, 9.17) is 4.74 Å². The van der Waals surface area contributed by atoms with Gasteiger partial charge < -0.3 is 4.74 Å². The molecule has 4 atom stereocenters. The number of carbonyl (C=O) groups is 2. The lowest BCUT2D eigenvalue weighted by molar-refractivity contribution is -0.152. The fraction of sp³-hybridized carbons (Fsp3) is 0.636. The molecule has 0 aromatic heterocycles. The Balaban J connectivity index is 2.17. The van der Waals surface area contributed by atoms with E-state index < -0.39 is 5.41 Å². The van der Waals surface area contributed by atoms with E-state index in [1.54, 1.807) is 0 Å². The average Bonchev–Trinajstić information content (AvgIpc) is 2.75. The lowest BCUT2D eigenvalue weighted by atomic mass is 9.68.